The highest BCUT2D eigenvalue weighted by Gasteiger charge is 2.16. The number of nitrogens with one attached hydrogen (secondary N) is 1. The number of halogens is 1. The summed E-state index contributed by atoms with van der Waals surface area (Å²) in [5.74, 6) is 1.79. The van der Waals surface area contributed by atoms with Gasteiger partial charge in [-0.3, -0.25) is 0 Å². The van der Waals surface area contributed by atoms with E-state index in [1.165, 1.54) is 12.8 Å². The molecule has 0 spiro atoms. The number of hydrogen-bond acceptors (Lipinski definition) is 6. The third-order valence-electron chi connectivity index (χ3n) is 3.18. The van der Waals surface area contributed by atoms with Crippen molar-refractivity contribution in [3.63, 3.8) is 0 Å². The van der Waals surface area contributed by atoms with Gasteiger partial charge in [-0.25, -0.2) is 0 Å². The van der Waals surface area contributed by atoms with Gasteiger partial charge < -0.3 is 15.0 Å². The van der Waals surface area contributed by atoms with Crippen molar-refractivity contribution in [1.29, 1.82) is 0 Å². The lowest BCUT2D eigenvalue weighted by Gasteiger charge is -2.15. The highest BCUT2D eigenvalue weighted by Crippen LogP contribution is 2.18. The SMILES string of the molecule is CC(C)COCCCNc1nc(Cl)nc(N2CCCC2)n1. The Morgan fingerprint density at radius 1 is 1.24 bits per heavy atom. The summed E-state index contributed by atoms with van der Waals surface area (Å²) in [5, 5.41) is 3.43. The van der Waals surface area contributed by atoms with Gasteiger partial charge in [0.1, 0.15) is 0 Å². The van der Waals surface area contributed by atoms with Crippen molar-refractivity contribution in [2.75, 3.05) is 43.1 Å². The fraction of sp³-hybridized carbons (Fsp3) is 0.786. The number of hydrogen-bond donors (Lipinski definition) is 1. The first-order chi connectivity index (χ1) is 10.1. The molecule has 0 aromatic carbocycles. The molecule has 2 heterocycles. The normalized spacial score (nSPS) is 15.0. The topological polar surface area (TPSA) is 63.2 Å². The van der Waals surface area contributed by atoms with Gasteiger partial charge in [0.2, 0.25) is 17.2 Å². The molecule has 0 unspecified atom stereocenters. The fourth-order valence-electron chi connectivity index (χ4n) is 2.17. The zero-order valence-electron chi connectivity index (χ0n) is 12.8. The molecule has 0 saturated carbocycles. The van der Waals surface area contributed by atoms with E-state index in [1.54, 1.807) is 0 Å². The molecule has 6 nitrogen and oxygen atoms in total. The smallest absolute Gasteiger partial charge is 0.231 e. The summed E-state index contributed by atoms with van der Waals surface area (Å²) in [6.45, 7) is 8.57. The minimum absolute atomic E-state index is 0.241. The van der Waals surface area contributed by atoms with Gasteiger partial charge in [0.05, 0.1) is 0 Å². The zero-order valence-corrected chi connectivity index (χ0v) is 13.6. The summed E-state index contributed by atoms with van der Waals surface area (Å²) in [6.07, 6.45) is 3.27. The van der Waals surface area contributed by atoms with Crippen molar-refractivity contribution >= 4 is 23.5 Å². The van der Waals surface area contributed by atoms with Crippen LogP contribution in [-0.2, 0) is 4.74 Å². The van der Waals surface area contributed by atoms with Gasteiger partial charge in [-0.2, -0.15) is 15.0 Å². The van der Waals surface area contributed by atoms with Crippen molar-refractivity contribution in [2.45, 2.75) is 33.1 Å². The van der Waals surface area contributed by atoms with E-state index in [4.69, 9.17) is 16.3 Å². The van der Waals surface area contributed by atoms with Crippen LogP contribution >= 0.6 is 11.6 Å². The van der Waals surface area contributed by atoms with Crippen LogP contribution in [0.15, 0.2) is 0 Å². The van der Waals surface area contributed by atoms with Crippen LogP contribution in [-0.4, -0.2) is 47.8 Å². The molecular weight excluding hydrogens is 290 g/mol. The van der Waals surface area contributed by atoms with Gasteiger partial charge in [-0.15, -0.1) is 0 Å². The Kier molecular flexibility index (Phi) is 6.45. The van der Waals surface area contributed by atoms with E-state index >= 15 is 0 Å². The lowest BCUT2D eigenvalue weighted by molar-refractivity contribution is 0.110. The number of aromatic nitrogens is 3. The first-order valence-corrected chi connectivity index (χ1v) is 8.01. The van der Waals surface area contributed by atoms with Gasteiger partial charge in [0.15, 0.2) is 0 Å². The summed E-state index contributed by atoms with van der Waals surface area (Å²) in [6, 6.07) is 0. The second-order valence-corrected chi connectivity index (χ2v) is 6.01. The third kappa shape index (κ3) is 5.63. The van der Waals surface area contributed by atoms with Gasteiger partial charge in [0, 0.05) is 32.8 Å². The Morgan fingerprint density at radius 2 is 2.00 bits per heavy atom. The van der Waals surface area contributed by atoms with Gasteiger partial charge in [0.25, 0.3) is 0 Å². The average molecular weight is 314 g/mol. The van der Waals surface area contributed by atoms with Crippen LogP contribution in [0.2, 0.25) is 5.28 Å². The van der Waals surface area contributed by atoms with Crippen molar-refractivity contribution in [1.82, 2.24) is 15.0 Å². The second-order valence-electron chi connectivity index (χ2n) is 5.67. The predicted molar refractivity (Wildman–Crippen MR) is 85.0 cm³/mol. The highest BCUT2D eigenvalue weighted by molar-refractivity contribution is 6.28. The van der Waals surface area contributed by atoms with E-state index in [0.29, 0.717) is 17.8 Å². The molecule has 1 aromatic rings. The van der Waals surface area contributed by atoms with Crippen molar-refractivity contribution in [3.8, 4) is 0 Å². The molecule has 0 atom stereocenters. The molecule has 1 N–H and O–H groups in total. The maximum atomic E-state index is 5.97. The highest BCUT2D eigenvalue weighted by atomic mass is 35.5. The van der Waals surface area contributed by atoms with Crippen LogP contribution < -0.4 is 10.2 Å². The van der Waals surface area contributed by atoms with E-state index in [-0.39, 0.29) is 5.28 Å². The van der Waals surface area contributed by atoms with E-state index in [1.807, 2.05) is 0 Å². The molecular formula is C14H24ClN5O. The lowest BCUT2D eigenvalue weighted by Crippen LogP contribution is -2.21. The molecule has 0 aliphatic carbocycles. The number of nitrogens with zero attached hydrogens (tertiary/aromatic N) is 4. The third-order valence-corrected chi connectivity index (χ3v) is 3.35. The Balaban J connectivity index is 1.77. The number of anilines is 2. The van der Waals surface area contributed by atoms with Crippen LogP contribution in [0.5, 0.6) is 0 Å². The Hall–Kier alpha value is -1.14. The minimum atomic E-state index is 0.241. The number of ether oxygens (including phenoxy) is 1. The maximum absolute atomic E-state index is 5.97. The van der Waals surface area contributed by atoms with E-state index in [2.05, 4.69) is 39.0 Å². The molecule has 118 valence electrons. The quantitative estimate of drug-likeness (QED) is 0.744. The summed E-state index contributed by atoms with van der Waals surface area (Å²) < 4.78 is 5.53. The van der Waals surface area contributed by atoms with Crippen LogP contribution in [0.3, 0.4) is 0 Å². The van der Waals surface area contributed by atoms with Crippen LogP contribution in [0.4, 0.5) is 11.9 Å². The molecule has 1 aromatic heterocycles. The summed E-state index contributed by atoms with van der Waals surface area (Å²) >= 11 is 5.97. The molecule has 1 aliphatic heterocycles. The van der Waals surface area contributed by atoms with Gasteiger partial charge >= 0.3 is 0 Å². The molecule has 0 amide bonds. The van der Waals surface area contributed by atoms with E-state index in [0.717, 1.165) is 39.3 Å². The molecule has 7 heteroatoms. The van der Waals surface area contributed by atoms with E-state index in [9.17, 15) is 0 Å². The molecule has 0 bridgehead atoms. The first-order valence-electron chi connectivity index (χ1n) is 7.63. The van der Waals surface area contributed by atoms with Crippen molar-refractivity contribution in [3.05, 3.63) is 5.28 Å². The minimum Gasteiger partial charge on any atom is -0.381 e. The molecule has 1 aliphatic rings. The van der Waals surface area contributed by atoms with Crippen LogP contribution in [0, 0.1) is 5.92 Å². The van der Waals surface area contributed by atoms with Crippen molar-refractivity contribution in [2.24, 2.45) is 5.92 Å². The van der Waals surface area contributed by atoms with Gasteiger partial charge in [-0.05, 0) is 36.8 Å². The second kappa shape index (κ2) is 8.34. The largest absolute Gasteiger partial charge is 0.381 e. The Bertz CT molecular complexity index is 437. The Morgan fingerprint density at radius 3 is 2.71 bits per heavy atom. The number of rotatable bonds is 8. The van der Waals surface area contributed by atoms with Gasteiger partial charge in [-0.1, -0.05) is 13.8 Å². The molecule has 1 saturated heterocycles. The fourth-order valence-corrected chi connectivity index (χ4v) is 2.33. The van der Waals surface area contributed by atoms with Crippen LogP contribution in [0.25, 0.3) is 0 Å². The first kappa shape index (κ1) is 16.2. The Labute approximate surface area is 131 Å². The molecule has 21 heavy (non-hydrogen) atoms. The summed E-state index contributed by atoms with van der Waals surface area (Å²) in [7, 11) is 0. The average Bonchev–Trinajstić information content (AvgIpc) is 2.96. The standard InChI is InChI=1S/C14H24ClN5O/c1-11(2)10-21-9-5-6-16-13-17-12(15)18-14(19-13)20-7-3-4-8-20/h11H,3-10H2,1-2H3,(H,16,17,18,19). The maximum Gasteiger partial charge on any atom is 0.231 e. The van der Waals surface area contributed by atoms with Crippen LogP contribution in [0.1, 0.15) is 33.1 Å². The molecule has 1 fully saturated rings. The monoisotopic (exact) mass is 313 g/mol. The van der Waals surface area contributed by atoms with Crippen molar-refractivity contribution < 1.29 is 4.74 Å². The zero-order chi connectivity index (χ0) is 15.1. The van der Waals surface area contributed by atoms with E-state index < -0.39 is 0 Å². The summed E-state index contributed by atoms with van der Waals surface area (Å²) in [4.78, 5) is 14.9. The lowest BCUT2D eigenvalue weighted by atomic mass is 10.2. The summed E-state index contributed by atoms with van der Waals surface area (Å²) in [5.41, 5.74) is 0. The predicted octanol–water partition coefficient (Wildman–Crippen LogP) is 2.60. The molecule has 2 rings (SSSR count). The molecule has 0 radical (unpaired) electrons.